The van der Waals surface area contributed by atoms with Crippen LogP contribution in [-0.4, -0.2) is 24.0 Å². The maximum Gasteiger partial charge on any atom is 0.127 e. The second-order valence-electron chi connectivity index (χ2n) is 4.20. The number of nitrogens with zero attached hydrogens (tertiary/aromatic N) is 2. The monoisotopic (exact) mass is 219 g/mol. The predicted octanol–water partition coefficient (Wildman–Crippen LogP) is 1.23. The molecule has 0 amide bonds. The summed E-state index contributed by atoms with van der Waals surface area (Å²) < 4.78 is 13.5. The fourth-order valence-corrected chi connectivity index (χ4v) is 2.01. The summed E-state index contributed by atoms with van der Waals surface area (Å²) in [7, 11) is 0. The Morgan fingerprint density at radius 2 is 2.38 bits per heavy atom. The van der Waals surface area contributed by atoms with Gasteiger partial charge in [-0.25, -0.2) is 4.39 Å². The van der Waals surface area contributed by atoms with E-state index in [1.54, 1.807) is 6.07 Å². The standard InChI is InChI=1S/C12H14FN3/c13-12-2-1-9(6-14)5-10(12)7-16-4-3-11(15)8-16/h1-2,5,11H,3-4,7-8,15H2/t11-/m0/s1. The van der Waals surface area contributed by atoms with Gasteiger partial charge in [0.25, 0.3) is 0 Å². The normalized spacial score (nSPS) is 20.9. The fourth-order valence-electron chi connectivity index (χ4n) is 2.01. The van der Waals surface area contributed by atoms with Crippen LogP contribution >= 0.6 is 0 Å². The first-order chi connectivity index (χ1) is 7.69. The second-order valence-corrected chi connectivity index (χ2v) is 4.20. The molecule has 3 nitrogen and oxygen atoms in total. The van der Waals surface area contributed by atoms with Gasteiger partial charge in [0.2, 0.25) is 0 Å². The average molecular weight is 219 g/mol. The van der Waals surface area contributed by atoms with Crippen molar-refractivity contribution < 1.29 is 4.39 Å². The lowest BCUT2D eigenvalue weighted by Crippen LogP contribution is -2.26. The van der Waals surface area contributed by atoms with Crippen LogP contribution in [0.25, 0.3) is 0 Å². The zero-order valence-corrected chi connectivity index (χ0v) is 8.99. The van der Waals surface area contributed by atoms with E-state index in [1.807, 2.05) is 6.07 Å². The smallest absolute Gasteiger partial charge is 0.127 e. The lowest BCUT2D eigenvalue weighted by molar-refractivity contribution is 0.321. The molecule has 84 valence electrons. The molecule has 0 spiro atoms. The molecule has 0 aromatic heterocycles. The van der Waals surface area contributed by atoms with Crippen molar-refractivity contribution in [2.45, 2.75) is 19.0 Å². The molecule has 1 aromatic carbocycles. The van der Waals surface area contributed by atoms with Crippen LogP contribution in [0.5, 0.6) is 0 Å². The van der Waals surface area contributed by atoms with Crippen molar-refractivity contribution in [1.29, 1.82) is 5.26 Å². The van der Waals surface area contributed by atoms with Gasteiger partial charge in [-0.1, -0.05) is 0 Å². The molecule has 1 aliphatic rings. The number of rotatable bonds is 2. The van der Waals surface area contributed by atoms with Gasteiger partial charge in [0.05, 0.1) is 11.6 Å². The van der Waals surface area contributed by atoms with Crippen LogP contribution in [-0.2, 0) is 6.54 Å². The van der Waals surface area contributed by atoms with Gasteiger partial charge in [-0.05, 0) is 24.6 Å². The van der Waals surface area contributed by atoms with Gasteiger partial charge in [0, 0.05) is 31.2 Å². The molecular weight excluding hydrogens is 205 g/mol. The predicted molar refractivity (Wildman–Crippen MR) is 59.0 cm³/mol. The van der Waals surface area contributed by atoms with Gasteiger partial charge in [0.1, 0.15) is 5.82 Å². The van der Waals surface area contributed by atoms with Gasteiger partial charge >= 0.3 is 0 Å². The summed E-state index contributed by atoms with van der Waals surface area (Å²) >= 11 is 0. The molecule has 1 saturated heterocycles. The number of hydrogen-bond donors (Lipinski definition) is 1. The minimum Gasteiger partial charge on any atom is -0.326 e. The van der Waals surface area contributed by atoms with Crippen molar-refractivity contribution in [2.24, 2.45) is 5.73 Å². The van der Waals surface area contributed by atoms with Crippen LogP contribution in [0, 0.1) is 17.1 Å². The maximum atomic E-state index is 13.5. The topological polar surface area (TPSA) is 53.0 Å². The van der Waals surface area contributed by atoms with Crippen molar-refractivity contribution in [1.82, 2.24) is 4.90 Å². The Balaban J connectivity index is 2.12. The van der Waals surface area contributed by atoms with Crippen LogP contribution in [0.2, 0.25) is 0 Å². The third kappa shape index (κ3) is 2.38. The van der Waals surface area contributed by atoms with Gasteiger partial charge < -0.3 is 5.73 Å². The van der Waals surface area contributed by atoms with E-state index in [-0.39, 0.29) is 11.9 Å². The highest BCUT2D eigenvalue weighted by Crippen LogP contribution is 2.16. The quantitative estimate of drug-likeness (QED) is 0.814. The molecule has 0 aliphatic carbocycles. The zero-order chi connectivity index (χ0) is 11.5. The average Bonchev–Trinajstić information content (AvgIpc) is 2.67. The van der Waals surface area contributed by atoms with Gasteiger partial charge in [-0.3, -0.25) is 4.90 Å². The van der Waals surface area contributed by atoms with E-state index in [4.69, 9.17) is 11.0 Å². The van der Waals surface area contributed by atoms with Crippen molar-refractivity contribution in [3.8, 4) is 6.07 Å². The highest BCUT2D eigenvalue weighted by Gasteiger charge is 2.20. The molecule has 0 bridgehead atoms. The van der Waals surface area contributed by atoms with E-state index in [1.165, 1.54) is 12.1 Å². The van der Waals surface area contributed by atoms with E-state index in [2.05, 4.69) is 4.90 Å². The molecule has 1 fully saturated rings. The first kappa shape index (κ1) is 11.1. The van der Waals surface area contributed by atoms with Gasteiger partial charge in [-0.2, -0.15) is 5.26 Å². The lowest BCUT2D eigenvalue weighted by atomic mass is 10.1. The number of halogens is 1. The molecule has 1 heterocycles. The molecule has 16 heavy (non-hydrogen) atoms. The lowest BCUT2D eigenvalue weighted by Gasteiger charge is -2.15. The fraction of sp³-hybridized carbons (Fsp3) is 0.417. The van der Waals surface area contributed by atoms with Crippen LogP contribution in [0.15, 0.2) is 18.2 Å². The van der Waals surface area contributed by atoms with Crippen LogP contribution < -0.4 is 5.73 Å². The second kappa shape index (κ2) is 4.60. The molecule has 0 radical (unpaired) electrons. The van der Waals surface area contributed by atoms with Crippen molar-refractivity contribution in [3.05, 3.63) is 35.1 Å². The van der Waals surface area contributed by atoms with Crippen molar-refractivity contribution >= 4 is 0 Å². The van der Waals surface area contributed by atoms with Crippen LogP contribution in [0.1, 0.15) is 17.5 Å². The highest BCUT2D eigenvalue weighted by atomic mass is 19.1. The van der Waals surface area contributed by atoms with Crippen molar-refractivity contribution in [2.75, 3.05) is 13.1 Å². The Morgan fingerprint density at radius 3 is 3.00 bits per heavy atom. The number of nitrogens with two attached hydrogens (primary N) is 1. The van der Waals surface area contributed by atoms with Gasteiger partial charge in [-0.15, -0.1) is 0 Å². The van der Waals surface area contributed by atoms with E-state index in [0.717, 1.165) is 19.5 Å². The number of likely N-dealkylation sites (tertiary alicyclic amines) is 1. The molecule has 1 aromatic rings. The summed E-state index contributed by atoms with van der Waals surface area (Å²) in [5.41, 5.74) is 6.86. The largest absolute Gasteiger partial charge is 0.326 e. The zero-order valence-electron chi connectivity index (χ0n) is 8.99. The molecule has 2 N–H and O–H groups in total. The Bertz CT molecular complexity index is 425. The summed E-state index contributed by atoms with van der Waals surface area (Å²) in [5.74, 6) is -0.250. The van der Waals surface area contributed by atoms with E-state index in [0.29, 0.717) is 17.7 Å². The molecule has 1 atom stereocenters. The van der Waals surface area contributed by atoms with E-state index < -0.39 is 0 Å². The van der Waals surface area contributed by atoms with E-state index in [9.17, 15) is 4.39 Å². The third-order valence-electron chi connectivity index (χ3n) is 2.88. The highest BCUT2D eigenvalue weighted by molar-refractivity contribution is 5.33. The summed E-state index contributed by atoms with van der Waals surface area (Å²) in [5, 5.41) is 8.75. The first-order valence-electron chi connectivity index (χ1n) is 5.35. The Labute approximate surface area is 94.3 Å². The Morgan fingerprint density at radius 1 is 1.56 bits per heavy atom. The summed E-state index contributed by atoms with van der Waals surface area (Å²) in [6.07, 6.45) is 0.958. The molecule has 2 rings (SSSR count). The Kier molecular flexibility index (Phi) is 3.18. The molecule has 1 aliphatic heterocycles. The van der Waals surface area contributed by atoms with Crippen molar-refractivity contribution in [3.63, 3.8) is 0 Å². The number of benzene rings is 1. The first-order valence-corrected chi connectivity index (χ1v) is 5.35. The van der Waals surface area contributed by atoms with Crippen LogP contribution in [0.3, 0.4) is 0 Å². The van der Waals surface area contributed by atoms with Gasteiger partial charge in [0.15, 0.2) is 0 Å². The molecule has 0 unspecified atom stereocenters. The maximum absolute atomic E-state index is 13.5. The molecular formula is C12H14FN3. The van der Waals surface area contributed by atoms with Crippen LogP contribution in [0.4, 0.5) is 4.39 Å². The minimum atomic E-state index is -0.250. The summed E-state index contributed by atoms with van der Waals surface area (Å²) in [6, 6.07) is 6.67. The molecule has 4 heteroatoms. The summed E-state index contributed by atoms with van der Waals surface area (Å²) in [6.45, 7) is 2.24. The molecule has 0 saturated carbocycles. The SMILES string of the molecule is N#Cc1ccc(F)c(CN2CC[C@H](N)C2)c1. The minimum absolute atomic E-state index is 0.196. The Hall–Kier alpha value is -1.44. The summed E-state index contributed by atoms with van der Waals surface area (Å²) in [4.78, 5) is 2.12. The third-order valence-corrected chi connectivity index (χ3v) is 2.88. The number of hydrogen-bond acceptors (Lipinski definition) is 3. The van der Waals surface area contributed by atoms with E-state index >= 15 is 0 Å². The number of nitriles is 1.